The summed E-state index contributed by atoms with van der Waals surface area (Å²) < 4.78 is 16.4. The maximum Gasteiger partial charge on any atom is 0.251 e. The van der Waals surface area contributed by atoms with Crippen LogP contribution in [0.3, 0.4) is 0 Å². The molecule has 31 heavy (non-hydrogen) atoms. The summed E-state index contributed by atoms with van der Waals surface area (Å²) in [7, 11) is 1.58. The van der Waals surface area contributed by atoms with Gasteiger partial charge in [0.25, 0.3) is 5.91 Å². The number of amides is 2. The molecule has 8 heteroatoms. The number of benzene rings is 2. The van der Waals surface area contributed by atoms with Crippen molar-refractivity contribution < 1.29 is 23.8 Å². The van der Waals surface area contributed by atoms with Crippen LogP contribution < -0.4 is 20.7 Å². The fourth-order valence-corrected chi connectivity index (χ4v) is 3.15. The van der Waals surface area contributed by atoms with E-state index in [1.54, 1.807) is 31.4 Å². The Morgan fingerprint density at radius 3 is 2.68 bits per heavy atom. The predicted molar refractivity (Wildman–Crippen MR) is 119 cm³/mol. The van der Waals surface area contributed by atoms with Crippen LogP contribution in [-0.2, 0) is 14.3 Å². The molecule has 0 aliphatic carbocycles. The van der Waals surface area contributed by atoms with Crippen LogP contribution in [-0.4, -0.2) is 57.9 Å². The first-order valence-electron chi connectivity index (χ1n) is 10.4. The molecule has 1 fully saturated rings. The third-order valence-corrected chi connectivity index (χ3v) is 4.80. The van der Waals surface area contributed by atoms with Crippen molar-refractivity contribution in [1.82, 2.24) is 5.32 Å². The average Bonchev–Trinajstić information content (AvgIpc) is 3.31. The molecule has 1 unspecified atom stereocenters. The standard InChI is InChI=1S/C23H29N3O5/c1-29-14-12-24-23(28)17-8-10-18(11-9-17)26-22(27)15-25-20-6-2-3-7-21(20)31-16-19-5-4-13-30-19/h2-3,6-11,19,25H,4-5,12-16H2,1H3,(H,24,28)(H,26,27). The zero-order chi connectivity index (χ0) is 21.9. The molecule has 2 aromatic carbocycles. The Morgan fingerprint density at radius 2 is 1.94 bits per heavy atom. The molecule has 0 saturated carbocycles. The van der Waals surface area contributed by atoms with Crippen molar-refractivity contribution in [3.8, 4) is 5.75 Å². The van der Waals surface area contributed by atoms with Crippen LogP contribution in [0, 0.1) is 0 Å². The summed E-state index contributed by atoms with van der Waals surface area (Å²) in [6.45, 7) is 2.26. The van der Waals surface area contributed by atoms with Gasteiger partial charge in [0.1, 0.15) is 12.4 Å². The lowest BCUT2D eigenvalue weighted by atomic mass is 10.2. The number of nitrogens with one attached hydrogen (secondary N) is 3. The highest BCUT2D eigenvalue weighted by Crippen LogP contribution is 2.25. The Bertz CT molecular complexity index is 851. The van der Waals surface area contributed by atoms with Gasteiger partial charge >= 0.3 is 0 Å². The van der Waals surface area contributed by atoms with Crippen LogP contribution in [0.2, 0.25) is 0 Å². The van der Waals surface area contributed by atoms with Gasteiger partial charge in [0.05, 0.1) is 24.9 Å². The summed E-state index contributed by atoms with van der Waals surface area (Å²) in [4.78, 5) is 24.3. The van der Waals surface area contributed by atoms with Gasteiger partial charge in [0.15, 0.2) is 0 Å². The van der Waals surface area contributed by atoms with Crippen molar-refractivity contribution in [2.45, 2.75) is 18.9 Å². The molecular formula is C23H29N3O5. The van der Waals surface area contributed by atoms with E-state index in [2.05, 4.69) is 16.0 Å². The molecule has 1 heterocycles. The maximum atomic E-state index is 12.3. The molecule has 0 spiro atoms. The molecule has 166 valence electrons. The third kappa shape index (κ3) is 7.27. The van der Waals surface area contributed by atoms with E-state index in [0.29, 0.717) is 36.8 Å². The Kier molecular flexibility index (Phi) is 8.69. The van der Waals surface area contributed by atoms with E-state index >= 15 is 0 Å². The van der Waals surface area contributed by atoms with Crippen molar-refractivity contribution in [3.63, 3.8) is 0 Å². The van der Waals surface area contributed by atoms with Gasteiger partial charge in [-0.05, 0) is 49.2 Å². The number of ether oxygens (including phenoxy) is 3. The minimum atomic E-state index is -0.203. The van der Waals surface area contributed by atoms with E-state index in [-0.39, 0.29) is 24.5 Å². The molecule has 1 aliphatic heterocycles. The minimum Gasteiger partial charge on any atom is -0.489 e. The van der Waals surface area contributed by atoms with Gasteiger partial charge in [-0.25, -0.2) is 0 Å². The van der Waals surface area contributed by atoms with Crippen LogP contribution in [0.25, 0.3) is 0 Å². The van der Waals surface area contributed by atoms with Crippen molar-refractivity contribution in [2.75, 3.05) is 50.7 Å². The summed E-state index contributed by atoms with van der Waals surface area (Å²) in [6.07, 6.45) is 2.19. The number of carbonyl (C=O) groups is 2. The Labute approximate surface area is 182 Å². The third-order valence-electron chi connectivity index (χ3n) is 4.80. The molecule has 3 rings (SSSR count). The lowest BCUT2D eigenvalue weighted by molar-refractivity contribution is -0.114. The Hall–Kier alpha value is -3.10. The monoisotopic (exact) mass is 427 g/mol. The van der Waals surface area contributed by atoms with Crippen LogP contribution in [0.4, 0.5) is 11.4 Å². The molecule has 1 atom stereocenters. The zero-order valence-electron chi connectivity index (χ0n) is 17.7. The highest BCUT2D eigenvalue weighted by molar-refractivity contribution is 5.96. The first kappa shape index (κ1) is 22.6. The van der Waals surface area contributed by atoms with Gasteiger partial charge in [0, 0.05) is 31.5 Å². The second-order valence-corrected chi connectivity index (χ2v) is 7.17. The SMILES string of the molecule is COCCNC(=O)c1ccc(NC(=O)CNc2ccccc2OCC2CCCO2)cc1. The zero-order valence-corrected chi connectivity index (χ0v) is 17.7. The molecule has 2 amide bonds. The molecule has 8 nitrogen and oxygen atoms in total. The van der Waals surface area contributed by atoms with Crippen molar-refractivity contribution in [1.29, 1.82) is 0 Å². The number of para-hydroxylation sites is 2. The lowest BCUT2D eigenvalue weighted by Gasteiger charge is -2.15. The van der Waals surface area contributed by atoms with Gasteiger partial charge in [-0.15, -0.1) is 0 Å². The van der Waals surface area contributed by atoms with Crippen LogP contribution >= 0.6 is 0 Å². The Morgan fingerprint density at radius 1 is 1.13 bits per heavy atom. The summed E-state index contributed by atoms with van der Waals surface area (Å²) in [5.41, 5.74) is 1.88. The van der Waals surface area contributed by atoms with Gasteiger partial charge in [0.2, 0.25) is 5.91 Å². The highest BCUT2D eigenvalue weighted by atomic mass is 16.5. The van der Waals surface area contributed by atoms with E-state index < -0.39 is 0 Å². The molecule has 0 aromatic heterocycles. The molecule has 1 saturated heterocycles. The van der Waals surface area contributed by atoms with Gasteiger partial charge in [-0.1, -0.05) is 12.1 Å². The minimum absolute atomic E-state index is 0.0829. The number of anilines is 2. The maximum absolute atomic E-state index is 12.3. The predicted octanol–water partition coefficient (Wildman–Crippen LogP) is 2.67. The fourth-order valence-electron chi connectivity index (χ4n) is 3.15. The Balaban J connectivity index is 1.46. The summed E-state index contributed by atoms with van der Waals surface area (Å²) in [5, 5.41) is 8.68. The number of hydrogen-bond acceptors (Lipinski definition) is 6. The fraction of sp³-hybridized carbons (Fsp3) is 0.391. The van der Waals surface area contributed by atoms with E-state index in [0.717, 1.165) is 25.1 Å². The van der Waals surface area contributed by atoms with E-state index in [4.69, 9.17) is 14.2 Å². The first-order valence-corrected chi connectivity index (χ1v) is 10.4. The summed E-state index contributed by atoms with van der Waals surface area (Å²) in [6, 6.07) is 14.2. The van der Waals surface area contributed by atoms with Crippen molar-refractivity contribution in [2.24, 2.45) is 0 Å². The molecule has 3 N–H and O–H groups in total. The van der Waals surface area contributed by atoms with Crippen molar-refractivity contribution in [3.05, 3.63) is 54.1 Å². The van der Waals surface area contributed by atoms with Gasteiger partial charge < -0.3 is 30.2 Å². The van der Waals surface area contributed by atoms with Gasteiger partial charge in [-0.2, -0.15) is 0 Å². The summed E-state index contributed by atoms with van der Waals surface area (Å²) >= 11 is 0. The first-order chi connectivity index (χ1) is 15.2. The average molecular weight is 428 g/mol. The number of rotatable bonds is 11. The van der Waals surface area contributed by atoms with Gasteiger partial charge in [-0.3, -0.25) is 9.59 Å². The van der Waals surface area contributed by atoms with E-state index in [1.807, 2.05) is 24.3 Å². The second-order valence-electron chi connectivity index (χ2n) is 7.17. The lowest BCUT2D eigenvalue weighted by Crippen LogP contribution is -2.27. The number of methoxy groups -OCH3 is 1. The molecule has 0 radical (unpaired) electrons. The molecule has 2 aromatic rings. The molecule has 1 aliphatic rings. The van der Waals surface area contributed by atoms with Crippen molar-refractivity contribution >= 4 is 23.2 Å². The van der Waals surface area contributed by atoms with Crippen LogP contribution in [0.5, 0.6) is 5.75 Å². The molecular weight excluding hydrogens is 398 g/mol. The number of carbonyl (C=O) groups excluding carboxylic acids is 2. The van der Waals surface area contributed by atoms with E-state index in [1.165, 1.54) is 0 Å². The smallest absolute Gasteiger partial charge is 0.251 e. The summed E-state index contributed by atoms with van der Waals surface area (Å²) in [5.74, 6) is 0.303. The van der Waals surface area contributed by atoms with E-state index in [9.17, 15) is 9.59 Å². The second kappa shape index (κ2) is 11.9. The van der Waals surface area contributed by atoms with Crippen LogP contribution in [0.15, 0.2) is 48.5 Å². The highest BCUT2D eigenvalue weighted by Gasteiger charge is 2.17. The quantitative estimate of drug-likeness (QED) is 0.477. The molecule has 0 bridgehead atoms. The van der Waals surface area contributed by atoms with Crippen LogP contribution in [0.1, 0.15) is 23.2 Å². The largest absolute Gasteiger partial charge is 0.489 e. The normalized spacial score (nSPS) is 15.3. The topological polar surface area (TPSA) is 97.9 Å². The number of hydrogen-bond donors (Lipinski definition) is 3.